The number of thioether (sulfide) groups is 1. The number of nitrogens with one attached hydrogen (secondary N) is 2. The van der Waals surface area contributed by atoms with Gasteiger partial charge in [-0.25, -0.2) is 18.4 Å². The van der Waals surface area contributed by atoms with Crippen LogP contribution in [-0.2, 0) is 14.8 Å². The van der Waals surface area contributed by atoms with Gasteiger partial charge in [0.2, 0.25) is 5.91 Å². The third-order valence-corrected chi connectivity index (χ3v) is 5.64. The second-order valence-electron chi connectivity index (χ2n) is 5.24. The number of aromatic nitrogens is 4. The van der Waals surface area contributed by atoms with Gasteiger partial charge < -0.3 is 5.32 Å². The number of nitrogens with zero attached hydrogens (tertiary/aromatic N) is 4. The second kappa shape index (κ2) is 8.95. The molecule has 0 saturated heterocycles. The van der Waals surface area contributed by atoms with Crippen molar-refractivity contribution in [3.05, 3.63) is 60.0 Å². The van der Waals surface area contributed by atoms with Gasteiger partial charge in [-0.3, -0.25) is 9.52 Å². The minimum atomic E-state index is -3.85. The minimum absolute atomic E-state index is 0.00862. The fraction of sp³-hybridized carbons (Fsp3) is 0.0625. The molecule has 1 amide bonds. The van der Waals surface area contributed by atoms with Crippen LogP contribution in [0.3, 0.4) is 0 Å². The molecule has 0 aliphatic rings. The van der Waals surface area contributed by atoms with Gasteiger partial charge in [0, 0.05) is 18.1 Å². The van der Waals surface area contributed by atoms with Crippen LogP contribution in [0.1, 0.15) is 0 Å². The molecule has 2 aromatic heterocycles. The number of benzene rings is 1. The van der Waals surface area contributed by atoms with Gasteiger partial charge in [-0.05, 0) is 42.5 Å². The molecule has 3 aromatic rings. The van der Waals surface area contributed by atoms with E-state index < -0.39 is 10.0 Å². The Labute approximate surface area is 170 Å². The zero-order chi connectivity index (χ0) is 20.0. The summed E-state index contributed by atoms with van der Waals surface area (Å²) in [7, 11) is -3.85. The Hall–Kier alpha value is -2.76. The van der Waals surface area contributed by atoms with Gasteiger partial charge in [0.15, 0.2) is 16.1 Å². The van der Waals surface area contributed by atoms with Crippen molar-refractivity contribution in [1.29, 1.82) is 0 Å². The monoisotopic (exact) mass is 436 g/mol. The van der Waals surface area contributed by atoms with Crippen LogP contribution in [0, 0.1) is 0 Å². The van der Waals surface area contributed by atoms with E-state index in [1.54, 1.807) is 18.5 Å². The Kier molecular flexibility index (Phi) is 6.39. The molecule has 0 bridgehead atoms. The number of carbonyl (C=O) groups is 1. The smallest absolute Gasteiger partial charge is 0.263 e. The lowest BCUT2D eigenvalue weighted by Gasteiger charge is -2.08. The molecule has 9 nitrogen and oxygen atoms in total. The second-order valence-corrected chi connectivity index (χ2v) is 8.25. The van der Waals surface area contributed by atoms with E-state index in [1.165, 1.54) is 48.2 Å². The highest BCUT2D eigenvalue weighted by Crippen LogP contribution is 2.18. The number of sulfonamides is 1. The molecule has 2 N–H and O–H groups in total. The first-order valence-electron chi connectivity index (χ1n) is 7.74. The Balaban J connectivity index is 1.59. The standard InChI is InChI=1S/C16H13ClN6O3S2/c17-13-6-7-14(22-21-13)23-28(25,26)12-4-2-11(3-5-12)20-15(24)10-27-16-18-8-1-9-19-16/h1-9H,10H2,(H,20,24)(H,22,23). The quantitative estimate of drug-likeness (QED) is 0.427. The molecule has 0 saturated carbocycles. The Morgan fingerprint density at radius 2 is 1.75 bits per heavy atom. The highest BCUT2D eigenvalue weighted by Gasteiger charge is 2.15. The van der Waals surface area contributed by atoms with Gasteiger partial charge in [-0.2, -0.15) is 0 Å². The molecular weight excluding hydrogens is 424 g/mol. The van der Waals surface area contributed by atoms with E-state index in [0.29, 0.717) is 10.8 Å². The van der Waals surface area contributed by atoms with Crippen LogP contribution in [0.2, 0.25) is 5.15 Å². The van der Waals surface area contributed by atoms with Crippen LogP contribution in [0.25, 0.3) is 0 Å². The van der Waals surface area contributed by atoms with E-state index >= 15 is 0 Å². The fourth-order valence-electron chi connectivity index (χ4n) is 1.97. The predicted octanol–water partition coefficient (Wildman–Crippen LogP) is 2.45. The van der Waals surface area contributed by atoms with E-state index in [1.807, 2.05) is 0 Å². The van der Waals surface area contributed by atoms with Crippen molar-refractivity contribution in [2.75, 3.05) is 15.8 Å². The van der Waals surface area contributed by atoms with Gasteiger partial charge in [0.25, 0.3) is 10.0 Å². The largest absolute Gasteiger partial charge is 0.325 e. The third-order valence-electron chi connectivity index (χ3n) is 3.19. The summed E-state index contributed by atoms with van der Waals surface area (Å²) < 4.78 is 27.0. The average Bonchev–Trinajstić information content (AvgIpc) is 2.69. The van der Waals surface area contributed by atoms with Gasteiger partial charge in [-0.1, -0.05) is 23.4 Å². The van der Waals surface area contributed by atoms with E-state index in [0.717, 1.165) is 0 Å². The normalized spacial score (nSPS) is 11.0. The van der Waals surface area contributed by atoms with Crippen LogP contribution in [-0.4, -0.2) is 40.2 Å². The summed E-state index contributed by atoms with van der Waals surface area (Å²) in [5, 5.41) is 10.6. The lowest BCUT2D eigenvalue weighted by Crippen LogP contribution is -2.16. The van der Waals surface area contributed by atoms with Crippen molar-refractivity contribution in [3.63, 3.8) is 0 Å². The summed E-state index contributed by atoms with van der Waals surface area (Å²) in [6, 6.07) is 10.2. The topological polar surface area (TPSA) is 127 Å². The highest BCUT2D eigenvalue weighted by molar-refractivity contribution is 7.99. The van der Waals surface area contributed by atoms with Gasteiger partial charge in [0.05, 0.1) is 10.6 Å². The maximum absolute atomic E-state index is 12.4. The van der Waals surface area contributed by atoms with Crippen LogP contribution in [0.4, 0.5) is 11.5 Å². The molecule has 28 heavy (non-hydrogen) atoms. The summed E-state index contributed by atoms with van der Waals surface area (Å²) in [6.07, 6.45) is 3.19. The Bertz CT molecular complexity index is 1050. The third kappa shape index (κ3) is 5.62. The number of halogens is 1. The zero-order valence-electron chi connectivity index (χ0n) is 14.1. The number of carbonyl (C=O) groups excluding carboxylic acids is 1. The van der Waals surface area contributed by atoms with Crippen LogP contribution in [0.15, 0.2) is 64.9 Å². The van der Waals surface area contributed by atoms with Crippen LogP contribution < -0.4 is 10.0 Å². The molecule has 3 rings (SSSR count). The molecular formula is C16H13ClN6O3S2. The summed E-state index contributed by atoms with van der Waals surface area (Å²) in [4.78, 5) is 20.0. The fourth-order valence-corrected chi connectivity index (χ4v) is 3.67. The molecule has 0 fully saturated rings. The van der Waals surface area contributed by atoms with Crippen molar-refractivity contribution in [2.24, 2.45) is 0 Å². The van der Waals surface area contributed by atoms with E-state index in [4.69, 9.17) is 11.6 Å². The molecule has 1 aromatic carbocycles. The predicted molar refractivity (Wildman–Crippen MR) is 106 cm³/mol. The highest BCUT2D eigenvalue weighted by atomic mass is 35.5. The van der Waals surface area contributed by atoms with E-state index in [2.05, 4.69) is 30.2 Å². The van der Waals surface area contributed by atoms with Crippen molar-refractivity contribution >= 4 is 50.8 Å². The molecule has 144 valence electrons. The Morgan fingerprint density at radius 3 is 2.39 bits per heavy atom. The zero-order valence-corrected chi connectivity index (χ0v) is 16.5. The van der Waals surface area contributed by atoms with E-state index in [9.17, 15) is 13.2 Å². The van der Waals surface area contributed by atoms with Crippen LogP contribution >= 0.6 is 23.4 Å². The maximum atomic E-state index is 12.4. The number of anilines is 2. The number of rotatable bonds is 7. The molecule has 12 heteroatoms. The summed E-state index contributed by atoms with van der Waals surface area (Å²) in [5.74, 6) is -0.0922. The number of amides is 1. The van der Waals surface area contributed by atoms with Gasteiger partial charge in [-0.15, -0.1) is 10.2 Å². The van der Waals surface area contributed by atoms with Crippen molar-refractivity contribution in [2.45, 2.75) is 10.1 Å². The molecule has 0 spiro atoms. The lowest BCUT2D eigenvalue weighted by molar-refractivity contribution is -0.113. The SMILES string of the molecule is O=C(CSc1ncccn1)Nc1ccc(S(=O)(=O)Nc2ccc(Cl)nn2)cc1. The van der Waals surface area contributed by atoms with Crippen LogP contribution in [0.5, 0.6) is 0 Å². The molecule has 0 atom stereocenters. The average molecular weight is 437 g/mol. The summed E-state index contributed by atoms with van der Waals surface area (Å²) in [5.41, 5.74) is 0.463. The van der Waals surface area contributed by atoms with Gasteiger partial charge in [0.1, 0.15) is 0 Å². The van der Waals surface area contributed by atoms with E-state index in [-0.39, 0.29) is 27.5 Å². The molecule has 0 aliphatic heterocycles. The summed E-state index contributed by atoms with van der Waals surface area (Å²) in [6.45, 7) is 0. The Morgan fingerprint density at radius 1 is 1.04 bits per heavy atom. The first-order valence-corrected chi connectivity index (χ1v) is 10.6. The first-order chi connectivity index (χ1) is 13.4. The van der Waals surface area contributed by atoms with Crippen molar-refractivity contribution < 1.29 is 13.2 Å². The number of hydrogen-bond donors (Lipinski definition) is 2. The maximum Gasteiger partial charge on any atom is 0.263 e. The first kappa shape index (κ1) is 20.0. The molecule has 2 heterocycles. The molecule has 0 radical (unpaired) electrons. The molecule has 0 aliphatic carbocycles. The van der Waals surface area contributed by atoms with Gasteiger partial charge >= 0.3 is 0 Å². The minimum Gasteiger partial charge on any atom is -0.325 e. The number of hydrogen-bond acceptors (Lipinski definition) is 8. The lowest BCUT2D eigenvalue weighted by atomic mass is 10.3. The van der Waals surface area contributed by atoms with Crippen molar-refractivity contribution in [3.8, 4) is 0 Å². The van der Waals surface area contributed by atoms with Crippen molar-refractivity contribution in [1.82, 2.24) is 20.2 Å². The molecule has 0 unspecified atom stereocenters. The summed E-state index contributed by atoms with van der Waals surface area (Å²) >= 11 is 6.82.